The first-order valence-electron chi connectivity index (χ1n) is 10.7. The molecule has 160 valence electrons. The van der Waals surface area contributed by atoms with Gasteiger partial charge in [-0.1, -0.05) is 12.1 Å². The van der Waals surface area contributed by atoms with E-state index in [-0.39, 0.29) is 11.8 Å². The van der Waals surface area contributed by atoms with Gasteiger partial charge < -0.3 is 15.0 Å². The summed E-state index contributed by atoms with van der Waals surface area (Å²) in [6, 6.07) is 8.07. The van der Waals surface area contributed by atoms with E-state index in [2.05, 4.69) is 22.0 Å². The predicted molar refractivity (Wildman–Crippen MR) is 113 cm³/mol. The number of nitrogens with zero attached hydrogens (tertiary/aromatic N) is 3. The summed E-state index contributed by atoms with van der Waals surface area (Å²) in [4.78, 5) is 31.3. The molecule has 0 aromatic heterocycles. The van der Waals surface area contributed by atoms with E-state index in [0.717, 1.165) is 56.9 Å². The highest BCUT2D eigenvalue weighted by atomic mass is 16.5. The van der Waals surface area contributed by atoms with Gasteiger partial charge in [-0.25, -0.2) is 0 Å². The lowest BCUT2D eigenvalue weighted by Crippen LogP contribution is -2.53. The van der Waals surface area contributed by atoms with Crippen molar-refractivity contribution in [2.24, 2.45) is 0 Å². The van der Waals surface area contributed by atoms with Crippen molar-refractivity contribution >= 4 is 11.8 Å². The number of nitrogens with one attached hydrogen (secondary N) is 1. The number of amides is 2. The van der Waals surface area contributed by atoms with Crippen LogP contribution in [0.1, 0.15) is 31.7 Å². The fourth-order valence-electron chi connectivity index (χ4n) is 4.06. The molecule has 7 heteroatoms. The number of methoxy groups -OCH3 is 1. The Morgan fingerprint density at radius 3 is 2.28 bits per heavy atom. The van der Waals surface area contributed by atoms with E-state index >= 15 is 0 Å². The van der Waals surface area contributed by atoms with E-state index < -0.39 is 0 Å². The molecule has 0 bridgehead atoms. The zero-order valence-corrected chi connectivity index (χ0v) is 17.7. The largest absolute Gasteiger partial charge is 0.497 e. The van der Waals surface area contributed by atoms with Crippen molar-refractivity contribution in [3.8, 4) is 5.75 Å². The van der Waals surface area contributed by atoms with Crippen molar-refractivity contribution in [3.63, 3.8) is 0 Å². The van der Waals surface area contributed by atoms with Crippen molar-refractivity contribution in [2.75, 3.05) is 52.9 Å². The predicted octanol–water partition coefficient (Wildman–Crippen LogP) is 1.33. The van der Waals surface area contributed by atoms with E-state index in [1.807, 2.05) is 29.2 Å². The van der Waals surface area contributed by atoms with Crippen LogP contribution < -0.4 is 10.1 Å². The Hall–Kier alpha value is -2.12. The molecule has 2 aliphatic rings. The standard InChI is InChI=1S/C22H34N4O3/c1-18-5-3-4-10-26(18)22(28)17-25-13-11-24(12-14-25)16-21(27)23-15-19-6-8-20(29-2)9-7-19/h6-9,18H,3-5,10-17H2,1-2H3,(H,23,27). The van der Waals surface area contributed by atoms with Gasteiger partial charge in [0, 0.05) is 45.3 Å². The molecule has 1 unspecified atom stereocenters. The number of benzene rings is 1. The van der Waals surface area contributed by atoms with Crippen LogP contribution in [0, 0.1) is 0 Å². The molecule has 2 fully saturated rings. The van der Waals surface area contributed by atoms with Crippen LogP contribution in [0.3, 0.4) is 0 Å². The van der Waals surface area contributed by atoms with Gasteiger partial charge in [0.1, 0.15) is 5.75 Å². The van der Waals surface area contributed by atoms with E-state index in [1.54, 1.807) is 7.11 Å². The molecule has 2 aliphatic heterocycles. The average Bonchev–Trinajstić information content (AvgIpc) is 2.74. The first-order valence-corrected chi connectivity index (χ1v) is 10.7. The average molecular weight is 403 g/mol. The third kappa shape index (κ3) is 6.44. The summed E-state index contributed by atoms with van der Waals surface area (Å²) in [6.45, 7) is 7.78. The fourth-order valence-corrected chi connectivity index (χ4v) is 4.06. The van der Waals surface area contributed by atoms with E-state index in [0.29, 0.717) is 25.7 Å². The van der Waals surface area contributed by atoms with Crippen molar-refractivity contribution in [1.82, 2.24) is 20.0 Å². The number of piperidine rings is 1. The van der Waals surface area contributed by atoms with Crippen LogP contribution in [-0.4, -0.2) is 85.5 Å². The molecule has 1 N–H and O–H groups in total. The smallest absolute Gasteiger partial charge is 0.236 e. The third-order valence-electron chi connectivity index (χ3n) is 5.96. The Morgan fingerprint density at radius 1 is 1.00 bits per heavy atom. The molecule has 2 saturated heterocycles. The molecule has 3 rings (SSSR count). The first-order chi connectivity index (χ1) is 14.0. The summed E-state index contributed by atoms with van der Waals surface area (Å²) < 4.78 is 5.15. The lowest BCUT2D eigenvalue weighted by molar-refractivity contribution is -0.136. The highest BCUT2D eigenvalue weighted by Gasteiger charge is 2.26. The Kier molecular flexibility index (Phi) is 7.89. The van der Waals surface area contributed by atoms with Gasteiger partial charge in [-0.3, -0.25) is 19.4 Å². The van der Waals surface area contributed by atoms with Gasteiger partial charge in [0.05, 0.1) is 20.2 Å². The Labute approximate surface area is 174 Å². The third-order valence-corrected chi connectivity index (χ3v) is 5.96. The fraction of sp³-hybridized carbons (Fsp3) is 0.636. The van der Waals surface area contributed by atoms with Crippen molar-refractivity contribution in [2.45, 2.75) is 38.8 Å². The van der Waals surface area contributed by atoms with Gasteiger partial charge in [0.15, 0.2) is 0 Å². The number of ether oxygens (including phenoxy) is 1. The summed E-state index contributed by atoms with van der Waals surface area (Å²) in [5, 5.41) is 2.98. The SMILES string of the molecule is COc1ccc(CNC(=O)CN2CCN(CC(=O)N3CCCCC3C)CC2)cc1. The number of hydrogen-bond acceptors (Lipinski definition) is 5. The van der Waals surface area contributed by atoms with Crippen molar-refractivity contribution < 1.29 is 14.3 Å². The van der Waals surface area contributed by atoms with E-state index in [9.17, 15) is 9.59 Å². The Balaban J connectivity index is 1.34. The lowest BCUT2D eigenvalue weighted by atomic mass is 10.0. The van der Waals surface area contributed by atoms with Gasteiger partial charge in [-0.15, -0.1) is 0 Å². The number of hydrogen-bond donors (Lipinski definition) is 1. The highest BCUT2D eigenvalue weighted by molar-refractivity contribution is 5.79. The summed E-state index contributed by atoms with van der Waals surface area (Å²) in [7, 11) is 1.64. The number of rotatable bonds is 7. The molecule has 0 spiro atoms. The molecule has 1 aromatic rings. The van der Waals surface area contributed by atoms with Gasteiger partial charge in [-0.2, -0.15) is 0 Å². The number of carbonyl (C=O) groups is 2. The van der Waals surface area contributed by atoms with Gasteiger partial charge in [0.25, 0.3) is 0 Å². The van der Waals surface area contributed by atoms with Gasteiger partial charge in [-0.05, 0) is 43.9 Å². The molecule has 2 heterocycles. The molecule has 0 saturated carbocycles. The molecule has 2 amide bonds. The molecule has 1 aromatic carbocycles. The summed E-state index contributed by atoms with van der Waals surface area (Å²) in [5.41, 5.74) is 1.05. The van der Waals surface area contributed by atoms with Crippen molar-refractivity contribution in [1.29, 1.82) is 0 Å². The van der Waals surface area contributed by atoms with Gasteiger partial charge >= 0.3 is 0 Å². The second-order valence-electron chi connectivity index (χ2n) is 8.11. The Bertz CT molecular complexity index is 671. The van der Waals surface area contributed by atoms with Crippen LogP contribution in [0.5, 0.6) is 5.75 Å². The highest BCUT2D eigenvalue weighted by Crippen LogP contribution is 2.17. The normalized spacial score (nSPS) is 21.0. The monoisotopic (exact) mass is 402 g/mol. The topological polar surface area (TPSA) is 65.1 Å². The second-order valence-corrected chi connectivity index (χ2v) is 8.11. The van der Waals surface area contributed by atoms with Gasteiger partial charge in [0.2, 0.25) is 11.8 Å². The number of piperazine rings is 1. The second kappa shape index (κ2) is 10.6. The lowest BCUT2D eigenvalue weighted by Gasteiger charge is -2.37. The quantitative estimate of drug-likeness (QED) is 0.746. The van der Waals surface area contributed by atoms with E-state index in [4.69, 9.17) is 4.74 Å². The molecule has 7 nitrogen and oxygen atoms in total. The molecule has 29 heavy (non-hydrogen) atoms. The summed E-state index contributed by atoms with van der Waals surface area (Å²) in [6.07, 6.45) is 3.46. The van der Waals surface area contributed by atoms with Crippen LogP contribution in [-0.2, 0) is 16.1 Å². The number of carbonyl (C=O) groups excluding carboxylic acids is 2. The van der Waals surface area contributed by atoms with Crippen LogP contribution in [0.15, 0.2) is 24.3 Å². The van der Waals surface area contributed by atoms with Crippen LogP contribution in [0.25, 0.3) is 0 Å². The van der Waals surface area contributed by atoms with Crippen LogP contribution in [0.2, 0.25) is 0 Å². The molecular formula is C22H34N4O3. The van der Waals surface area contributed by atoms with Crippen molar-refractivity contribution in [3.05, 3.63) is 29.8 Å². The minimum Gasteiger partial charge on any atom is -0.497 e. The minimum absolute atomic E-state index is 0.0347. The maximum absolute atomic E-state index is 12.6. The Morgan fingerprint density at radius 2 is 1.66 bits per heavy atom. The summed E-state index contributed by atoms with van der Waals surface area (Å²) in [5.74, 6) is 1.10. The van der Waals surface area contributed by atoms with E-state index in [1.165, 1.54) is 6.42 Å². The molecule has 1 atom stereocenters. The maximum Gasteiger partial charge on any atom is 0.236 e. The molecule has 0 aliphatic carbocycles. The number of likely N-dealkylation sites (tertiary alicyclic amines) is 1. The summed E-state index contributed by atoms with van der Waals surface area (Å²) >= 11 is 0. The first kappa shape index (κ1) is 21.6. The van der Waals surface area contributed by atoms with Crippen LogP contribution in [0.4, 0.5) is 0 Å². The zero-order chi connectivity index (χ0) is 20.6. The minimum atomic E-state index is 0.0347. The maximum atomic E-state index is 12.6. The molecular weight excluding hydrogens is 368 g/mol. The van der Waals surface area contributed by atoms with Crippen LogP contribution >= 0.6 is 0 Å². The zero-order valence-electron chi connectivity index (χ0n) is 17.7. The molecule has 0 radical (unpaired) electrons.